The molecule has 1 atom stereocenters. The summed E-state index contributed by atoms with van der Waals surface area (Å²) in [5.74, 6) is -0.474. The average molecular weight is 200 g/mol. The van der Waals surface area contributed by atoms with Crippen LogP contribution in [0.4, 0.5) is 0 Å². The van der Waals surface area contributed by atoms with Gasteiger partial charge < -0.3 is 15.0 Å². The number of rotatable bonds is 1. The zero-order valence-corrected chi connectivity index (χ0v) is 9.08. The number of hydroxylamine groups is 2. The van der Waals surface area contributed by atoms with Gasteiger partial charge in [-0.15, -0.1) is 0 Å². The molecule has 0 saturated carbocycles. The van der Waals surface area contributed by atoms with E-state index in [0.717, 1.165) is 17.9 Å². The van der Waals surface area contributed by atoms with Gasteiger partial charge in [0.25, 0.3) is 0 Å². The number of ether oxygens (including phenoxy) is 1. The molecule has 1 rings (SSSR count). The summed E-state index contributed by atoms with van der Waals surface area (Å²) in [6.45, 7) is 6.34. The van der Waals surface area contributed by atoms with Crippen LogP contribution in [-0.2, 0) is 9.53 Å². The van der Waals surface area contributed by atoms with Gasteiger partial charge in [-0.05, 0) is 46.7 Å². The van der Waals surface area contributed by atoms with Crippen LogP contribution in [0.25, 0.3) is 0 Å². The van der Waals surface area contributed by atoms with E-state index in [4.69, 9.17) is 4.74 Å². The predicted molar refractivity (Wildman–Crippen MR) is 53.5 cm³/mol. The zero-order valence-electron chi connectivity index (χ0n) is 9.08. The van der Waals surface area contributed by atoms with Crippen molar-refractivity contribution in [1.82, 2.24) is 5.06 Å². The molecule has 0 bridgehead atoms. The summed E-state index contributed by atoms with van der Waals surface area (Å²) >= 11 is 0. The van der Waals surface area contributed by atoms with Crippen molar-refractivity contribution in [3.05, 3.63) is 5.21 Å². The smallest absolute Gasteiger partial charge is 0.310 e. The maximum atomic E-state index is 11.6. The molecule has 0 aromatic rings. The summed E-state index contributed by atoms with van der Waals surface area (Å²) in [5, 5.41) is 12.0. The Labute approximate surface area is 84.8 Å². The Bertz CT molecular complexity index is 210. The molecule has 0 N–H and O–H groups in total. The molecule has 82 valence electrons. The number of hydrogen-bond donors (Lipinski definition) is 0. The second kappa shape index (κ2) is 4.28. The highest BCUT2D eigenvalue weighted by atomic mass is 16.6. The van der Waals surface area contributed by atoms with Crippen molar-refractivity contribution < 1.29 is 9.53 Å². The molecule has 0 spiro atoms. The molecule has 0 radical (unpaired) electrons. The van der Waals surface area contributed by atoms with Gasteiger partial charge in [-0.25, -0.2) is 0 Å². The first-order valence-electron chi connectivity index (χ1n) is 5.03. The molecule has 1 aliphatic heterocycles. The highest BCUT2D eigenvalue weighted by Gasteiger charge is 2.26. The highest BCUT2D eigenvalue weighted by molar-refractivity contribution is 5.73. The van der Waals surface area contributed by atoms with Crippen LogP contribution in [0, 0.1) is 11.1 Å². The van der Waals surface area contributed by atoms with Gasteiger partial charge in [-0.1, -0.05) is 0 Å². The van der Waals surface area contributed by atoms with E-state index in [1.54, 1.807) is 0 Å². The number of piperidine rings is 1. The van der Waals surface area contributed by atoms with Crippen LogP contribution in [0.3, 0.4) is 0 Å². The highest BCUT2D eigenvalue weighted by Crippen LogP contribution is 2.19. The lowest BCUT2D eigenvalue weighted by atomic mass is 9.99. The van der Waals surface area contributed by atoms with Gasteiger partial charge in [0.15, 0.2) is 0 Å². The van der Waals surface area contributed by atoms with Crippen molar-refractivity contribution in [2.24, 2.45) is 5.92 Å². The number of hydrogen-bond acceptors (Lipinski definition) is 4. The van der Waals surface area contributed by atoms with Gasteiger partial charge in [0.1, 0.15) is 5.60 Å². The monoisotopic (exact) mass is 200 g/mol. The van der Waals surface area contributed by atoms with Gasteiger partial charge in [0.2, 0.25) is 0 Å². The van der Waals surface area contributed by atoms with Crippen LogP contribution in [0.15, 0.2) is 0 Å². The molecular weight excluding hydrogens is 182 g/mol. The van der Waals surface area contributed by atoms with Gasteiger partial charge in [-0.3, -0.25) is 4.79 Å². The lowest BCUT2D eigenvalue weighted by Crippen LogP contribution is -2.38. The summed E-state index contributed by atoms with van der Waals surface area (Å²) in [6.07, 6.45) is 1.56. The van der Waals surface area contributed by atoms with E-state index < -0.39 is 5.60 Å². The lowest BCUT2D eigenvalue weighted by molar-refractivity contribution is -0.161. The van der Waals surface area contributed by atoms with Crippen LogP contribution < -0.4 is 0 Å². The normalized spacial score (nSPS) is 24.7. The third-order valence-corrected chi connectivity index (χ3v) is 2.12. The standard InChI is InChI=1S/C10H18NO3/c1-10(2,3)14-9(12)8-5-4-6-11(13)7-8/h8H,4-7H2,1-3H3/q-1. The van der Waals surface area contributed by atoms with E-state index in [2.05, 4.69) is 0 Å². The average Bonchev–Trinajstić information content (AvgIpc) is 2.01. The van der Waals surface area contributed by atoms with Crippen molar-refractivity contribution in [1.29, 1.82) is 0 Å². The molecule has 4 nitrogen and oxygen atoms in total. The van der Waals surface area contributed by atoms with Crippen LogP contribution >= 0.6 is 0 Å². The fourth-order valence-electron chi connectivity index (χ4n) is 1.52. The maximum Gasteiger partial charge on any atom is 0.310 e. The fourth-order valence-corrected chi connectivity index (χ4v) is 1.52. The Hall–Kier alpha value is -0.610. The minimum atomic E-state index is -0.456. The Morgan fingerprint density at radius 3 is 2.64 bits per heavy atom. The van der Waals surface area contributed by atoms with Gasteiger partial charge >= 0.3 is 5.97 Å². The second-order valence-electron chi connectivity index (χ2n) is 4.76. The zero-order chi connectivity index (χ0) is 10.8. The topological polar surface area (TPSA) is 52.6 Å². The van der Waals surface area contributed by atoms with E-state index in [0.29, 0.717) is 6.54 Å². The largest absolute Gasteiger partial charge is 0.785 e. The molecule has 0 aromatic carbocycles. The molecule has 14 heavy (non-hydrogen) atoms. The summed E-state index contributed by atoms with van der Waals surface area (Å²) in [6, 6.07) is 0. The molecule has 1 unspecified atom stereocenters. The summed E-state index contributed by atoms with van der Waals surface area (Å²) < 4.78 is 5.22. The first-order chi connectivity index (χ1) is 6.38. The van der Waals surface area contributed by atoms with E-state index in [1.807, 2.05) is 20.8 Å². The van der Waals surface area contributed by atoms with Gasteiger partial charge in [0, 0.05) is 0 Å². The van der Waals surface area contributed by atoms with Crippen molar-refractivity contribution in [2.75, 3.05) is 13.1 Å². The SMILES string of the molecule is CC(C)(C)OC(=O)C1CCCN([O-])C1. The third-order valence-electron chi connectivity index (χ3n) is 2.12. The molecule has 0 amide bonds. The van der Waals surface area contributed by atoms with Crippen LogP contribution in [0.5, 0.6) is 0 Å². The Kier molecular flexibility index (Phi) is 3.50. The maximum absolute atomic E-state index is 11.6. The second-order valence-corrected chi connectivity index (χ2v) is 4.76. The number of nitrogens with zero attached hydrogens (tertiary/aromatic N) is 1. The fraction of sp³-hybridized carbons (Fsp3) is 0.900. The van der Waals surface area contributed by atoms with E-state index in [-0.39, 0.29) is 18.4 Å². The molecule has 1 aliphatic rings. The molecular formula is C10H18NO3-. The van der Waals surface area contributed by atoms with Crippen molar-refractivity contribution in [2.45, 2.75) is 39.2 Å². The van der Waals surface area contributed by atoms with Gasteiger partial charge in [-0.2, -0.15) is 0 Å². The Morgan fingerprint density at radius 1 is 1.50 bits per heavy atom. The minimum Gasteiger partial charge on any atom is -0.785 e. The molecule has 0 aliphatic carbocycles. The van der Waals surface area contributed by atoms with E-state index in [9.17, 15) is 10.0 Å². The van der Waals surface area contributed by atoms with Crippen LogP contribution in [0.1, 0.15) is 33.6 Å². The van der Waals surface area contributed by atoms with E-state index in [1.165, 1.54) is 0 Å². The molecule has 0 aromatic heterocycles. The van der Waals surface area contributed by atoms with Crippen molar-refractivity contribution in [3.63, 3.8) is 0 Å². The number of esters is 1. The predicted octanol–water partition coefficient (Wildman–Crippen LogP) is 1.54. The minimum absolute atomic E-state index is 0.236. The quantitative estimate of drug-likeness (QED) is 0.602. The van der Waals surface area contributed by atoms with Crippen molar-refractivity contribution in [3.8, 4) is 0 Å². The summed E-state index contributed by atoms with van der Waals surface area (Å²) in [5.41, 5.74) is -0.456. The van der Waals surface area contributed by atoms with Crippen LogP contribution in [-0.4, -0.2) is 29.7 Å². The Morgan fingerprint density at radius 2 is 2.14 bits per heavy atom. The molecule has 4 heteroatoms. The van der Waals surface area contributed by atoms with Gasteiger partial charge in [0.05, 0.1) is 5.92 Å². The van der Waals surface area contributed by atoms with Crippen LogP contribution in [0.2, 0.25) is 0 Å². The molecule has 1 fully saturated rings. The van der Waals surface area contributed by atoms with E-state index >= 15 is 0 Å². The third kappa shape index (κ3) is 3.64. The Balaban J connectivity index is 2.44. The first kappa shape index (κ1) is 11.5. The summed E-state index contributed by atoms with van der Waals surface area (Å²) in [4.78, 5) is 11.6. The molecule has 1 saturated heterocycles. The summed E-state index contributed by atoms with van der Waals surface area (Å²) in [7, 11) is 0. The number of carbonyl (C=O) groups is 1. The number of carbonyl (C=O) groups excluding carboxylic acids is 1. The first-order valence-corrected chi connectivity index (χ1v) is 5.03. The van der Waals surface area contributed by atoms with Crippen molar-refractivity contribution >= 4 is 5.97 Å². The molecule has 1 heterocycles. The lowest BCUT2D eigenvalue weighted by Gasteiger charge is -2.37.